The normalized spacial score (nSPS) is 20.7. The first-order valence-corrected chi connectivity index (χ1v) is 6.48. The highest BCUT2D eigenvalue weighted by molar-refractivity contribution is 5.44. The van der Waals surface area contributed by atoms with Crippen molar-refractivity contribution in [1.82, 2.24) is 4.90 Å². The van der Waals surface area contributed by atoms with Crippen LogP contribution in [-0.2, 0) is 0 Å². The van der Waals surface area contributed by atoms with Crippen LogP contribution in [0.4, 0.5) is 0 Å². The number of ether oxygens (including phenoxy) is 1. The molecule has 0 amide bonds. The molecule has 1 aliphatic heterocycles. The molecule has 1 aliphatic rings. The summed E-state index contributed by atoms with van der Waals surface area (Å²) in [6, 6.07) is 6.12. The molecule has 0 spiro atoms. The van der Waals surface area contributed by atoms with E-state index in [0.717, 1.165) is 5.75 Å². The molecule has 1 aromatic carbocycles. The van der Waals surface area contributed by atoms with Crippen molar-refractivity contribution in [2.45, 2.75) is 39.8 Å². The highest BCUT2D eigenvalue weighted by Crippen LogP contribution is 2.40. The second-order valence-electron chi connectivity index (χ2n) is 6.26. The molecule has 1 N–H and O–H groups in total. The molecule has 3 heteroatoms. The zero-order valence-corrected chi connectivity index (χ0v) is 11.9. The summed E-state index contributed by atoms with van der Waals surface area (Å²) in [5, 5.41) is 9.47. The zero-order valence-electron chi connectivity index (χ0n) is 11.9. The Morgan fingerprint density at radius 2 is 2.06 bits per heavy atom. The van der Waals surface area contributed by atoms with Crippen molar-refractivity contribution in [1.29, 1.82) is 0 Å². The third kappa shape index (κ3) is 2.32. The van der Waals surface area contributed by atoms with E-state index in [9.17, 15) is 5.11 Å². The molecule has 18 heavy (non-hydrogen) atoms. The lowest BCUT2D eigenvalue weighted by Gasteiger charge is -2.38. The predicted molar refractivity (Wildman–Crippen MR) is 73.0 cm³/mol. The molecule has 2 rings (SSSR count). The summed E-state index contributed by atoms with van der Waals surface area (Å²) in [5.41, 5.74) is 1.40. The first-order valence-electron chi connectivity index (χ1n) is 6.48. The highest BCUT2D eigenvalue weighted by Gasteiger charge is 2.34. The van der Waals surface area contributed by atoms with Crippen LogP contribution < -0.4 is 4.74 Å². The lowest BCUT2D eigenvalue weighted by molar-refractivity contribution is 0.0845. The number of phenols is 1. The van der Waals surface area contributed by atoms with E-state index in [4.69, 9.17) is 4.74 Å². The zero-order chi connectivity index (χ0) is 13.5. The minimum absolute atomic E-state index is 0.231. The molecule has 0 aliphatic carbocycles. The Kier molecular flexibility index (Phi) is 3.28. The third-order valence-electron chi connectivity index (χ3n) is 4.11. The van der Waals surface area contributed by atoms with Crippen LogP contribution in [0.1, 0.15) is 39.3 Å². The van der Waals surface area contributed by atoms with Crippen molar-refractivity contribution in [2.75, 3.05) is 13.7 Å². The van der Waals surface area contributed by atoms with Gasteiger partial charge >= 0.3 is 0 Å². The Hall–Kier alpha value is -1.22. The molecule has 0 saturated heterocycles. The summed E-state index contributed by atoms with van der Waals surface area (Å²) in [6.07, 6.45) is 0. The second kappa shape index (κ2) is 4.47. The number of nitrogens with zero attached hydrogens (tertiary/aromatic N) is 1. The number of rotatable bonds is 2. The molecule has 100 valence electrons. The van der Waals surface area contributed by atoms with Gasteiger partial charge in [0.1, 0.15) is 18.1 Å². The summed E-state index contributed by atoms with van der Waals surface area (Å²) in [6.45, 7) is 9.67. The average molecular weight is 249 g/mol. The number of fused-ring (bicyclic) bond motifs is 1. The van der Waals surface area contributed by atoms with E-state index >= 15 is 0 Å². The van der Waals surface area contributed by atoms with Crippen molar-refractivity contribution in [3.63, 3.8) is 0 Å². The molecule has 0 fully saturated rings. The van der Waals surface area contributed by atoms with Crippen molar-refractivity contribution in [3.8, 4) is 11.5 Å². The monoisotopic (exact) mass is 249 g/mol. The van der Waals surface area contributed by atoms with Crippen molar-refractivity contribution < 1.29 is 9.84 Å². The molecule has 1 heterocycles. The lowest BCUT2D eigenvalue weighted by atomic mass is 9.86. The lowest BCUT2D eigenvalue weighted by Crippen LogP contribution is -2.42. The Morgan fingerprint density at radius 1 is 1.39 bits per heavy atom. The van der Waals surface area contributed by atoms with Crippen LogP contribution in [0, 0.1) is 5.41 Å². The van der Waals surface area contributed by atoms with Gasteiger partial charge in [0.05, 0.1) is 6.04 Å². The van der Waals surface area contributed by atoms with Crippen molar-refractivity contribution >= 4 is 0 Å². The number of phenolic OH excluding ortho intramolecular Hbond substituents is 1. The Labute approximate surface area is 109 Å². The van der Waals surface area contributed by atoms with Gasteiger partial charge in [-0.15, -0.1) is 0 Å². The van der Waals surface area contributed by atoms with E-state index < -0.39 is 0 Å². The molecular formula is C15H23NO2. The van der Waals surface area contributed by atoms with Gasteiger partial charge in [0.25, 0.3) is 0 Å². The largest absolute Gasteiger partial charge is 0.508 e. The van der Waals surface area contributed by atoms with E-state index in [1.54, 1.807) is 12.1 Å². The highest BCUT2D eigenvalue weighted by atomic mass is 16.5. The maximum atomic E-state index is 9.47. The topological polar surface area (TPSA) is 32.7 Å². The van der Waals surface area contributed by atoms with Crippen LogP contribution in [0.3, 0.4) is 0 Å². The first-order chi connectivity index (χ1) is 8.30. The van der Waals surface area contributed by atoms with Crippen LogP contribution in [-0.4, -0.2) is 29.7 Å². The minimum Gasteiger partial charge on any atom is -0.508 e. The fraction of sp³-hybridized carbons (Fsp3) is 0.600. The molecule has 2 atom stereocenters. The summed E-state index contributed by atoms with van der Waals surface area (Å²) < 4.78 is 5.67. The Morgan fingerprint density at radius 3 is 2.67 bits per heavy atom. The molecular weight excluding hydrogens is 226 g/mol. The fourth-order valence-electron chi connectivity index (χ4n) is 2.40. The Balaban J connectivity index is 2.23. The van der Waals surface area contributed by atoms with Crippen LogP contribution in [0.15, 0.2) is 18.2 Å². The number of hydrogen-bond acceptors (Lipinski definition) is 3. The Bertz CT molecular complexity index is 437. The van der Waals surface area contributed by atoms with Gasteiger partial charge in [-0.25, -0.2) is 0 Å². The average Bonchev–Trinajstić information content (AvgIpc) is 2.68. The standard InChI is InChI=1S/C15H23NO2/c1-10(15(2,3)4)16(5)13-9-18-14-8-11(17)6-7-12(13)14/h6-8,10,13,17H,9H2,1-5H3. The maximum Gasteiger partial charge on any atom is 0.127 e. The number of aromatic hydroxyl groups is 1. The van der Waals surface area contributed by atoms with Gasteiger partial charge < -0.3 is 9.84 Å². The number of hydrogen-bond donors (Lipinski definition) is 1. The van der Waals surface area contributed by atoms with Gasteiger partial charge in [-0.1, -0.05) is 20.8 Å². The smallest absolute Gasteiger partial charge is 0.127 e. The molecule has 0 saturated carbocycles. The molecule has 3 nitrogen and oxygen atoms in total. The quantitative estimate of drug-likeness (QED) is 0.873. The molecule has 0 radical (unpaired) electrons. The van der Waals surface area contributed by atoms with Gasteiger partial charge in [-0.05, 0) is 31.5 Å². The molecule has 0 bridgehead atoms. The maximum absolute atomic E-state index is 9.47. The van der Waals surface area contributed by atoms with Crippen molar-refractivity contribution in [2.24, 2.45) is 5.41 Å². The molecule has 0 aromatic heterocycles. The van der Waals surface area contributed by atoms with E-state index in [1.165, 1.54) is 5.56 Å². The third-order valence-corrected chi connectivity index (χ3v) is 4.11. The van der Waals surface area contributed by atoms with Gasteiger partial charge in [-0.3, -0.25) is 4.90 Å². The second-order valence-corrected chi connectivity index (χ2v) is 6.26. The number of benzene rings is 1. The van der Waals surface area contributed by atoms with Gasteiger partial charge in [-0.2, -0.15) is 0 Å². The van der Waals surface area contributed by atoms with Gasteiger partial charge in [0.2, 0.25) is 0 Å². The van der Waals surface area contributed by atoms with Crippen LogP contribution >= 0.6 is 0 Å². The molecule has 1 aromatic rings. The van der Waals surface area contributed by atoms with E-state index in [0.29, 0.717) is 12.6 Å². The summed E-state index contributed by atoms with van der Waals surface area (Å²) in [5.74, 6) is 1.08. The van der Waals surface area contributed by atoms with Gasteiger partial charge in [0, 0.05) is 17.7 Å². The van der Waals surface area contributed by atoms with E-state index in [-0.39, 0.29) is 17.2 Å². The fourth-order valence-corrected chi connectivity index (χ4v) is 2.40. The first kappa shape index (κ1) is 13.2. The van der Waals surface area contributed by atoms with Crippen LogP contribution in [0.2, 0.25) is 0 Å². The number of likely N-dealkylation sites (N-methyl/N-ethyl adjacent to an activating group) is 1. The predicted octanol–water partition coefficient (Wildman–Crippen LogP) is 3.19. The van der Waals surface area contributed by atoms with Crippen LogP contribution in [0.25, 0.3) is 0 Å². The van der Waals surface area contributed by atoms with Gasteiger partial charge in [0.15, 0.2) is 0 Å². The summed E-state index contributed by atoms with van der Waals surface area (Å²) in [4.78, 5) is 2.36. The van der Waals surface area contributed by atoms with E-state index in [2.05, 4.69) is 39.6 Å². The van der Waals surface area contributed by atoms with Crippen molar-refractivity contribution in [3.05, 3.63) is 23.8 Å². The summed E-state index contributed by atoms with van der Waals surface area (Å²) in [7, 11) is 2.14. The minimum atomic E-state index is 0.231. The SMILES string of the molecule is CC(N(C)C1COc2cc(O)ccc21)C(C)(C)C. The molecule has 2 unspecified atom stereocenters. The van der Waals surface area contributed by atoms with E-state index in [1.807, 2.05) is 6.07 Å². The van der Waals surface area contributed by atoms with Crippen LogP contribution in [0.5, 0.6) is 11.5 Å². The summed E-state index contributed by atoms with van der Waals surface area (Å²) >= 11 is 0.